The van der Waals surface area contributed by atoms with E-state index in [0.717, 1.165) is 38.7 Å². The summed E-state index contributed by atoms with van der Waals surface area (Å²) < 4.78 is 5.16. The summed E-state index contributed by atoms with van der Waals surface area (Å²) in [6, 6.07) is 0. The van der Waals surface area contributed by atoms with Crippen LogP contribution in [-0.4, -0.2) is 13.4 Å². The Bertz CT molecular complexity index is 466. The number of hydrogen-bond acceptors (Lipinski definition) is 2. The van der Waals surface area contributed by atoms with Gasteiger partial charge in [-0.15, -0.1) is 0 Å². The van der Waals surface area contributed by atoms with Gasteiger partial charge in [0.1, 0.15) is 0 Å². The van der Waals surface area contributed by atoms with Gasteiger partial charge in [0.25, 0.3) is 6.79 Å². The molecule has 0 saturated carbocycles. The first-order valence-electron chi connectivity index (χ1n) is 8.09. The van der Waals surface area contributed by atoms with Gasteiger partial charge in [0.15, 0.2) is 0 Å². The maximum Gasteiger partial charge on any atom is 0.281 e. The van der Waals surface area contributed by atoms with Gasteiger partial charge in [-0.2, -0.15) is 0 Å². The van der Waals surface area contributed by atoms with Crippen molar-refractivity contribution in [2.24, 2.45) is 5.41 Å². The molecule has 0 atom stereocenters. The molecule has 2 nitrogen and oxygen atoms in total. The van der Waals surface area contributed by atoms with Crippen LogP contribution in [0, 0.1) is 10.3 Å². The minimum atomic E-state index is -0.278. The summed E-state index contributed by atoms with van der Waals surface area (Å²) in [6.07, 6.45) is 20.5. The Morgan fingerprint density at radius 2 is 1.58 bits per heavy atom. The van der Waals surface area contributed by atoms with E-state index < -0.39 is 0 Å². The molecule has 0 N–H and O–H groups in total. The van der Waals surface area contributed by atoms with Gasteiger partial charge < -0.3 is 0 Å². The zero-order valence-corrected chi connectivity index (χ0v) is 17.4. The van der Waals surface area contributed by atoms with Gasteiger partial charge in [0, 0.05) is 0 Å². The number of unbranched alkanes of at least 4 members (excludes halogenated alkanes) is 3. The molecular formula is C19H22Cl2NbO2. The van der Waals surface area contributed by atoms with E-state index in [9.17, 15) is 0 Å². The summed E-state index contributed by atoms with van der Waals surface area (Å²) in [6.45, 7) is 5.37. The van der Waals surface area contributed by atoms with Crippen molar-refractivity contribution in [2.75, 3.05) is 6.61 Å². The molecular weight excluding hydrogens is 424 g/mol. The van der Waals surface area contributed by atoms with Crippen LogP contribution >= 0.6 is 23.2 Å². The quantitative estimate of drug-likeness (QED) is 0.316. The zero-order chi connectivity index (χ0) is 17.8. The van der Waals surface area contributed by atoms with Gasteiger partial charge in [-0.25, -0.2) is 0 Å². The van der Waals surface area contributed by atoms with Crippen LogP contribution in [0.1, 0.15) is 44.9 Å². The summed E-state index contributed by atoms with van der Waals surface area (Å²) in [5, 5.41) is 0. The summed E-state index contributed by atoms with van der Waals surface area (Å²) in [4.78, 5) is 8.00. The van der Waals surface area contributed by atoms with Gasteiger partial charge in [0.2, 0.25) is 0 Å². The van der Waals surface area contributed by atoms with Crippen LogP contribution in [-0.2, 0) is 29.5 Å². The van der Waals surface area contributed by atoms with Gasteiger partial charge >= 0.3 is 157 Å². The number of carbonyl (C=O) groups excluding carboxylic acids is 1. The summed E-state index contributed by atoms with van der Waals surface area (Å²) in [5.74, 6) is 0. The van der Waals surface area contributed by atoms with Crippen molar-refractivity contribution in [3.05, 3.63) is 52.4 Å². The monoisotopic (exact) mass is 445 g/mol. The molecule has 129 valence electrons. The molecule has 24 heavy (non-hydrogen) atoms. The molecule has 0 aromatic carbocycles. The van der Waals surface area contributed by atoms with Crippen molar-refractivity contribution in [3.8, 4) is 0 Å². The molecule has 0 fully saturated rings. The van der Waals surface area contributed by atoms with Gasteiger partial charge in [0.05, 0.1) is 0 Å². The number of hydrogen-bond donors (Lipinski definition) is 0. The van der Waals surface area contributed by atoms with Crippen molar-refractivity contribution in [3.63, 3.8) is 0 Å². The second kappa shape index (κ2) is 12.3. The number of halogens is 2. The standard InChI is InChI=1S/C18H22Cl2O.CO.Nb/c19-17(20)18(15-9-3-4-10-15,16-11-5-6-12-16)13-7-1-2-8-14-21;1-2;/h3-6,9,11H,1-2,7-8,10,12-14H2;;/q-1;;+1. The predicted octanol–water partition coefficient (Wildman–Crippen LogP) is 5.74. The normalized spacial score (nSPS) is 16.1. The average Bonchev–Trinajstić information content (AvgIpc) is 3.30. The van der Waals surface area contributed by atoms with Gasteiger partial charge in [-0.1, -0.05) is 0 Å². The molecule has 0 aromatic rings. The van der Waals surface area contributed by atoms with Crippen LogP contribution in [0.2, 0.25) is 0 Å². The molecule has 0 spiro atoms. The third kappa shape index (κ3) is 5.72. The fraction of sp³-hybridized carbons (Fsp3) is 0.474. The summed E-state index contributed by atoms with van der Waals surface area (Å²) >= 11 is 14.3. The molecule has 3 radical (unpaired) electrons. The summed E-state index contributed by atoms with van der Waals surface area (Å²) in [5.41, 5.74) is 2.39. The van der Waals surface area contributed by atoms with E-state index >= 15 is 0 Å². The molecule has 0 bridgehead atoms. The largest absolute Gasteiger partial charge is 0.281 e. The van der Waals surface area contributed by atoms with E-state index in [1.807, 2.05) is 0 Å². The molecule has 5 heteroatoms. The Kier molecular flexibility index (Phi) is 11.2. The van der Waals surface area contributed by atoms with E-state index in [0.29, 0.717) is 4.84 Å². The van der Waals surface area contributed by atoms with Gasteiger partial charge in [-0.3, -0.25) is 4.79 Å². The van der Waals surface area contributed by atoms with Crippen molar-refractivity contribution < 1.29 is 29.5 Å². The van der Waals surface area contributed by atoms with Gasteiger partial charge in [-0.05, 0) is 0 Å². The fourth-order valence-electron chi connectivity index (χ4n) is 3.30. The Labute approximate surface area is 168 Å². The minimum Gasteiger partial charge on any atom is -0.281 e. The molecule has 0 unspecified atom stereocenters. The second-order valence-corrected chi connectivity index (χ2v) is 7.40. The van der Waals surface area contributed by atoms with E-state index in [-0.39, 0.29) is 5.41 Å². The van der Waals surface area contributed by atoms with E-state index in [2.05, 4.69) is 43.2 Å². The molecule has 0 saturated heterocycles. The van der Waals surface area contributed by atoms with Crippen LogP contribution in [0.4, 0.5) is 0 Å². The first kappa shape index (κ1) is 22.0. The molecule has 2 aliphatic carbocycles. The van der Waals surface area contributed by atoms with E-state index in [1.54, 1.807) is 0 Å². The molecule has 0 aromatic heterocycles. The van der Waals surface area contributed by atoms with Crippen molar-refractivity contribution >= 4 is 30.0 Å². The van der Waals surface area contributed by atoms with Crippen LogP contribution in [0.25, 0.3) is 0 Å². The Morgan fingerprint density at radius 1 is 1.04 bits per heavy atom. The fourth-order valence-corrected chi connectivity index (χ4v) is 4.29. The maximum absolute atomic E-state index is 7.50. The molecule has 0 amide bonds. The molecule has 2 aliphatic rings. The maximum atomic E-state index is 7.50. The van der Waals surface area contributed by atoms with E-state index in [4.69, 9.17) is 31.2 Å². The Balaban J connectivity index is 0.00000139. The average molecular weight is 446 g/mol. The van der Waals surface area contributed by atoms with Crippen LogP contribution in [0.15, 0.2) is 47.6 Å². The van der Waals surface area contributed by atoms with Crippen molar-refractivity contribution in [1.82, 2.24) is 0 Å². The smallest absolute Gasteiger partial charge is 0.281 e. The van der Waals surface area contributed by atoms with Crippen LogP contribution in [0.3, 0.4) is 0 Å². The first-order chi connectivity index (χ1) is 11.7. The van der Waals surface area contributed by atoms with Crippen LogP contribution in [0.5, 0.6) is 0 Å². The van der Waals surface area contributed by atoms with Crippen molar-refractivity contribution in [2.45, 2.75) is 44.9 Å². The molecule has 0 aliphatic heterocycles. The van der Waals surface area contributed by atoms with E-state index in [1.165, 1.54) is 45.5 Å². The summed E-state index contributed by atoms with van der Waals surface area (Å²) in [7, 11) is 0. The Morgan fingerprint density at radius 3 is 2.00 bits per heavy atom. The van der Waals surface area contributed by atoms with Crippen molar-refractivity contribution in [1.29, 1.82) is 0 Å². The molecule has 0 heterocycles. The second-order valence-electron chi connectivity index (χ2n) is 5.81. The third-order valence-electron chi connectivity index (χ3n) is 4.50. The number of allylic oxidation sites excluding steroid dienone is 8. The SMILES string of the molecule is Cl[C](Cl)C(CCCCCC[O][Nb])(C1=CC=CC1)C1=CC=CC1.[C]=O. The number of rotatable bonds is 10. The Hall–Kier alpha value is -0.0897. The molecule has 2 rings (SSSR count). The minimum absolute atomic E-state index is 0.278. The van der Waals surface area contributed by atoms with Crippen LogP contribution < -0.4 is 0 Å². The topological polar surface area (TPSA) is 26.3 Å². The predicted molar refractivity (Wildman–Crippen MR) is 95.8 cm³/mol. The first-order valence-corrected chi connectivity index (χ1v) is 9.74. The zero-order valence-electron chi connectivity index (χ0n) is 13.6. The third-order valence-corrected chi connectivity index (χ3v) is 5.59.